The standard InChI is InChI=1S/C11H12F2N2/c1-2-4-9(15-14)7-8-5-3-6-10(12)11(8)13/h1,3,5-6,9,15H,4,7,14H2. The van der Waals surface area contributed by atoms with Crippen LogP contribution in [0.4, 0.5) is 8.78 Å². The average Bonchev–Trinajstić information content (AvgIpc) is 2.24. The second-order valence-corrected chi connectivity index (χ2v) is 3.19. The number of hydrazine groups is 1. The first kappa shape index (κ1) is 11.6. The lowest BCUT2D eigenvalue weighted by Gasteiger charge is -2.13. The predicted octanol–water partition coefficient (Wildman–Crippen LogP) is 1.36. The highest BCUT2D eigenvalue weighted by Gasteiger charge is 2.12. The summed E-state index contributed by atoms with van der Waals surface area (Å²) in [6.07, 6.45) is 5.75. The Labute approximate surface area is 87.4 Å². The smallest absolute Gasteiger partial charge is 0.162 e. The van der Waals surface area contributed by atoms with Crippen molar-refractivity contribution in [3.63, 3.8) is 0 Å². The van der Waals surface area contributed by atoms with Gasteiger partial charge in [-0.2, -0.15) is 0 Å². The molecule has 1 aromatic rings. The van der Waals surface area contributed by atoms with Gasteiger partial charge in [0.05, 0.1) is 0 Å². The summed E-state index contributed by atoms with van der Waals surface area (Å²) in [5.74, 6) is 5.95. The normalized spacial score (nSPS) is 12.1. The van der Waals surface area contributed by atoms with Crippen molar-refractivity contribution in [1.29, 1.82) is 0 Å². The lowest BCUT2D eigenvalue weighted by molar-refractivity contribution is 0.478. The molecule has 0 aliphatic heterocycles. The van der Waals surface area contributed by atoms with Crippen LogP contribution in [0, 0.1) is 24.0 Å². The Morgan fingerprint density at radius 2 is 2.20 bits per heavy atom. The van der Waals surface area contributed by atoms with Crippen LogP contribution < -0.4 is 11.3 Å². The fourth-order valence-electron chi connectivity index (χ4n) is 1.30. The second kappa shape index (κ2) is 5.44. The Balaban J connectivity index is 2.80. The van der Waals surface area contributed by atoms with Gasteiger partial charge in [0.25, 0.3) is 0 Å². The van der Waals surface area contributed by atoms with Crippen LogP contribution in [0.15, 0.2) is 18.2 Å². The summed E-state index contributed by atoms with van der Waals surface area (Å²) in [6.45, 7) is 0. The lowest BCUT2D eigenvalue weighted by Crippen LogP contribution is -2.36. The highest BCUT2D eigenvalue weighted by Crippen LogP contribution is 2.13. The van der Waals surface area contributed by atoms with Crippen LogP contribution in [0.5, 0.6) is 0 Å². The van der Waals surface area contributed by atoms with E-state index in [1.807, 2.05) is 0 Å². The van der Waals surface area contributed by atoms with Crippen molar-refractivity contribution in [3.05, 3.63) is 35.4 Å². The van der Waals surface area contributed by atoms with E-state index in [0.29, 0.717) is 6.42 Å². The molecule has 0 amide bonds. The van der Waals surface area contributed by atoms with E-state index >= 15 is 0 Å². The molecule has 4 heteroatoms. The zero-order valence-corrected chi connectivity index (χ0v) is 8.13. The highest BCUT2D eigenvalue weighted by molar-refractivity contribution is 5.20. The molecule has 0 aliphatic carbocycles. The van der Waals surface area contributed by atoms with E-state index < -0.39 is 11.6 Å². The first-order valence-corrected chi connectivity index (χ1v) is 4.51. The third-order valence-electron chi connectivity index (χ3n) is 2.10. The minimum Gasteiger partial charge on any atom is -0.271 e. The number of benzene rings is 1. The van der Waals surface area contributed by atoms with Crippen LogP contribution in [0.3, 0.4) is 0 Å². The number of nitrogens with two attached hydrogens (primary N) is 1. The Morgan fingerprint density at radius 3 is 2.80 bits per heavy atom. The van der Waals surface area contributed by atoms with Gasteiger partial charge < -0.3 is 0 Å². The maximum atomic E-state index is 13.2. The molecule has 3 N–H and O–H groups in total. The van der Waals surface area contributed by atoms with Crippen molar-refractivity contribution in [2.24, 2.45) is 5.84 Å². The van der Waals surface area contributed by atoms with Crippen LogP contribution in [-0.2, 0) is 6.42 Å². The molecule has 0 spiro atoms. The van der Waals surface area contributed by atoms with Crippen LogP contribution in [0.2, 0.25) is 0 Å². The van der Waals surface area contributed by atoms with Crippen molar-refractivity contribution in [2.75, 3.05) is 0 Å². The molecule has 0 fully saturated rings. The van der Waals surface area contributed by atoms with E-state index in [0.717, 1.165) is 6.07 Å². The number of terminal acetylenes is 1. The molecule has 0 aromatic heterocycles. The summed E-state index contributed by atoms with van der Waals surface area (Å²) in [5.41, 5.74) is 2.74. The van der Waals surface area contributed by atoms with Crippen molar-refractivity contribution in [2.45, 2.75) is 18.9 Å². The number of nitrogens with one attached hydrogen (secondary N) is 1. The SMILES string of the molecule is C#CCC(Cc1cccc(F)c1F)NN. The minimum absolute atomic E-state index is 0.244. The summed E-state index contributed by atoms with van der Waals surface area (Å²) in [4.78, 5) is 0. The number of hydrogen-bond donors (Lipinski definition) is 2. The van der Waals surface area contributed by atoms with Crippen molar-refractivity contribution in [3.8, 4) is 12.3 Å². The molecule has 2 nitrogen and oxygen atoms in total. The summed E-state index contributed by atoms with van der Waals surface area (Å²) in [7, 11) is 0. The van der Waals surface area contributed by atoms with Crippen molar-refractivity contribution < 1.29 is 8.78 Å². The van der Waals surface area contributed by atoms with Gasteiger partial charge in [-0.15, -0.1) is 12.3 Å². The van der Waals surface area contributed by atoms with Gasteiger partial charge in [-0.25, -0.2) is 8.78 Å². The topological polar surface area (TPSA) is 38.0 Å². The van der Waals surface area contributed by atoms with Crippen molar-refractivity contribution >= 4 is 0 Å². The van der Waals surface area contributed by atoms with Gasteiger partial charge in [0.2, 0.25) is 0 Å². The summed E-state index contributed by atoms with van der Waals surface area (Å²) >= 11 is 0. The minimum atomic E-state index is -0.857. The predicted molar refractivity (Wildman–Crippen MR) is 54.6 cm³/mol. The fourth-order valence-corrected chi connectivity index (χ4v) is 1.30. The Morgan fingerprint density at radius 1 is 1.47 bits per heavy atom. The number of hydrogen-bond acceptors (Lipinski definition) is 2. The van der Waals surface area contributed by atoms with E-state index in [4.69, 9.17) is 12.3 Å². The summed E-state index contributed by atoms with van der Waals surface area (Å²) in [6, 6.07) is 3.80. The molecule has 15 heavy (non-hydrogen) atoms. The Kier molecular flexibility index (Phi) is 4.22. The van der Waals surface area contributed by atoms with Gasteiger partial charge in [0.1, 0.15) is 0 Å². The highest BCUT2D eigenvalue weighted by atomic mass is 19.2. The van der Waals surface area contributed by atoms with Crippen LogP contribution in [0.1, 0.15) is 12.0 Å². The molecule has 0 saturated carbocycles. The van der Waals surface area contributed by atoms with Gasteiger partial charge in [0.15, 0.2) is 11.6 Å². The molecular weight excluding hydrogens is 198 g/mol. The third kappa shape index (κ3) is 3.01. The number of rotatable bonds is 4. The molecule has 0 saturated heterocycles. The molecule has 80 valence electrons. The fraction of sp³-hybridized carbons (Fsp3) is 0.273. The molecule has 0 bridgehead atoms. The van der Waals surface area contributed by atoms with E-state index in [1.165, 1.54) is 12.1 Å². The molecule has 0 heterocycles. The average molecular weight is 210 g/mol. The Bertz CT molecular complexity index is 371. The number of halogens is 2. The van der Waals surface area contributed by atoms with Crippen LogP contribution in [0.25, 0.3) is 0 Å². The van der Waals surface area contributed by atoms with Gasteiger partial charge in [0, 0.05) is 12.5 Å². The molecule has 1 aromatic carbocycles. The Hall–Kier alpha value is -1.44. The largest absolute Gasteiger partial charge is 0.271 e. The van der Waals surface area contributed by atoms with Gasteiger partial charge in [-0.3, -0.25) is 11.3 Å². The lowest BCUT2D eigenvalue weighted by atomic mass is 10.0. The monoisotopic (exact) mass is 210 g/mol. The summed E-state index contributed by atoms with van der Waals surface area (Å²) < 4.78 is 26.1. The van der Waals surface area contributed by atoms with Crippen LogP contribution >= 0.6 is 0 Å². The molecule has 0 aliphatic rings. The molecule has 1 rings (SSSR count). The van der Waals surface area contributed by atoms with E-state index in [-0.39, 0.29) is 18.0 Å². The van der Waals surface area contributed by atoms with Crippen LogP contribution in [-0.4, -0.2) is 6.04 Å². The van der Waals surface area contributed by atoms with Gasteiger partial charge >= 0.3 is 0 Å². The first-order chi connectivity index (χ1) is 7.19. The molecular formula is C11H12F2N2. The zero-order chi connectivity index (χ0) is 11.3. The van der Waals surface area contributed by atoms with E-state index in [2.05, 4.69) is 11.3 Å². The summed E-state index contributed by atoms with van der Waals surface area (Å²) in [5, 5.41) is 0. The third-order valence-corrected chi connectivity index (χ3v) is 2.10. The zero-order valence-electron chi connectivity index (χ0n) is 8.13. The van der Waals surface area contributed by atoms with Gasteiger partial charge in [-0.05, 0) is 18.1 Å². The maximum absolute atomic E-state index is 13.2. The van der Waals surface area contributed by atoms with E-state index in [9.17, 15) is 8.78 Å². The molecule has 1 unspecified atom stereocenters. The van der Waals surface area contributed by atoms with Gasteiger partial charge in [-0.1, -0.05) is 12.1 Å². The molecule has 1 atom stereocenters. The maximum Gasteiger partial charge on any atom is 0.162 e. The quantitative estimate of drug-likeness (QED) is 0.447. The molecule has 0 radical (unpaired) electrons. The second-order valence-electron chi connectivity index (χ2n) is 3.19. The first-order valence-electron chi connectivity index (χ1n) is 4.51. The van der Waals surface area contributed by atoms with E-state index in [1.54, 1.807) is 0 Å². The van der Waals surface area contributed by atoms with Crippen molar-refractivity contribution in [1.82, 2.24) is 5.43 Å².